The van der Waals surface area contributed by atoms with Gasteiger partial charge in [-0.25, -0.2) is 4.99 Å². The molecule has 0 aromatic rings. The van der Waals surface area contributed by atoms with Crippen molar-refractivity contribution < 1.29 is 4.79 Å². The first kappa shape index (κ1) is 16.1. The van der Waals surface area contributed by atoms with E-state index in [0.29, 0.717) is 5.92 Å². The van der Waals surface area contributed by atoms with Crippen LogP contribution in [-0.4, -0.2) is 40.2 Å². The van der Waals surface area contributed by atoms with E-state index in [9.17, 15) is 4.79 Å². The number of likely N-dealkylation sites (tertiary alicyclic amines) is 1. The molecule has 2 bridgehead atoms. The highest BCUT2D eigenvalue weighted by atomic mass is 32.2. The molecule has 3 atom stereocenters. The molecule has 128 valence electrons. The van der Waals surface area contributed by atoms with Crippen LogP contribution in [0, 0.1) is 23.7 Å². The minimum Gasteiger partial charge on any atom is -0.303 e. The van der Waals surface area contributed by atoms with Gasteiger partial charge in [-0.3, -0.25) is 4.79 Å². The van der Waals surface area contributed by atoms with E-state index in [1.165, 1.54) is 30.7 Å². The second kappa shape index (κ2) is 6.18. The molecule has 23 heavy (non-hydrogen) atoms. The Morgan fingerprint density at radius 3 is 2.65 bits per heavy atom. The standard InChI is InChI=1S/C19H30N2OS/c1-13(2)12-21-7-5-19(6-8-21)18(22)20-17(23-19)11-16-10-14-3-4-15(16)9-14/h13-16H,3-12H2,1-2H3. The lowest BCUT2D eigenvalue weighted by molar-refractivity contribution is -0.120. The van der Waals surface area contributed by atoms with Gasteiger partial charge in [-0.1, -0.05) is 32.0 Å². The van der Waals surface area contributed by atoms with Crippen molar-refractivity contribution in [1.82, 2.24) is 4.90 Å². The summed E-state index contributed by atoms with van der Waals surface area (Å²) < 4.78 is -0.194. The Labute approximate surface area is 144 Å². The highest BCUT2D eigenvalue weighted by Gasteiger charge is 2.48. The first-order valence-electron chi connectivity index (χ1n) is 9.57. The van der Waals surface area contributed by atoms with Gasteiger partial charge in [0.15, 0.2) is 0 Å². The number of fused-ring (bicyclic) bond motifs is 2. The summed E-state index contributed by atoms with van der Waals surface area (Å²) in [6.45, 7) is 7.84. The van der Waals surface area contributed by atoms with Gasteiger partial charge in [0.2, 0.25) is 0 Å². The molecule has 0 aromatic heterocycles. The van der Waals surface area contributed by atoms with Crippen LogP contribution >= 0.6 is 11.8 Å². The van der Waals surface area contributed by atoms with Crippen LogP contribution < -0.4 is 0 Å². The van der Waals surface area contributed by atoms with Crippen LogP contribution in [0.1, 0.15) is 58.8 Å². The lowest BCUT2D eigenvalue weighted by atomic mass is 9.87. The van der Waals surface area contributed by atoms with Crippen LogP contribution in [0.25, 0.3) is 0 Å². The van der Waals surface area contributed by atoms with Gasteiger partial charge in [-0.2, -0.15) is 0 Å². The molecular weight excluding hydrogens is 304 g/mol. The third kappa shape index (κ3) is 3.13. The molecule has 0 aromatic carbocycles. The number of aliphatic imine (C=N–C) groups is 1. The summed E-state index contributed by atoms with van der Waals surface area (Å²) in [7, 11) is 0. The molecule has 2 aliphatic heterocycles. The summed E-state index contributed by atoms with van der Waals surface area (Å²) in [5, 5.41) is 1.17. The zero-order chi connectivity index (χ0) is 16.0. The highest BCUT2D eigenvalue weighted by Crippen LogP contribution is 2.52. The van der Waals surface area contributed by atoms with Crippen molar-refractivity contribution in [3.63, 3.8) is 0 Å². The summed E-state index contributed by atoms with van der Waals surface area (Å²) >= 11 is 1.85. The van der Waals surface area contributed by atoms with Gasteiger partial charge in [0.1, 0.15) is 4.75 Å². The third-order valence-electron chi connectivity index (χ3n) is 6.54. The van der Waals surface area contributed by atoms with Gasteiger partial charge >= 0.3 is 0 Å². The molecule has 0 N–H and O–H groups in total. The van der Waals surface area contributed by atoms with Crippen molar-refractivity contribution in [2.45, 2.75) is 63.5 Å². The quantitative estimate of drug-likeness (QED) is 0.780. The van der Waals surface area contributed by atoms with Gasteiger partial charge in [0, 0.05) is 6.54 Å². The Hall–Kier alpha value is -0.350. The lowest BCUT2D eigenvalue weighted by Gasteiger charge is -2.37. The number of thioether (sulfide) groups is 1. The third-order valence-corrected chi connectivity index (χ3v) is 8.00. The van der Waals surface area contributed by atoms with E-state index < -0.39 is 0 Å². The van der Waals surface area contributed by atoms with Crippen LogP contribution in [0.2, 0.25) is 0 Å². The first-order valence-corrected chi connectivity index (χ1v) is 10.4. The molecule has 3 unspecified atom stereocenters. The number of piperidine rings is 1. The van der Waals surface area contributed by atoms with Crippen LogP contribution in [-0.2, 0) is 4.79 Å². The molecular formula is C19H30N2OS. The Kier molecular flexibility index (Phi) is 4.34. The van der Waals surface area contributed by atoms with Gasteiger partial charge in [-0.15, -0.1) is 0 Å². The smallest absolute Gasteiger partial charge is 0.263 e. The molecule has 4 aliphatic rings. The zero-order valence-electron chi connectivity index (χ0n) is 14.6. The molecule has 1 spiro atoms. The number of carbonyl (C=O) groups excluding carboxylic acids is 1. The maximum atomic E-state index is 12.6. The summed E-state index contributed by atoms with van der Waals surface area (Å²) in [6.07, 6.45) is 8.81. The Bertz CT molecular complexity index is 507. The minimum atomic E-state index is -0.194. The minimum absolute atomic E-state index is 0.185. The van der Waals surface area contributed by atoms with Crippen molar-refractivity contribution in [2.24, 2.45) is 28.7 Å². The van der Waals surface area contributed by atoms with Crippen molar-refractivity contribution in [3.8, 4) is 0 Å². The first-order chi connectivity index (χ1) is 11.0. The molecule has 1 saturated heterocycles. The Morgan fingerprint density at radius 1 is 1.26 bits per heavy atom. The van der Waals surface area contributed by atoms with Crippen LogP contribution in [0.15, 0.2) is 4.99 Å². The number of nitrogens with zero attached hydrogens (tertiary/aromatic N) is 2. The molecule has 1 amide bonds. The van der Waals surface area contributed by atoms with Crippen molar-refractivity contribution >= 4 is 22.7 Å². The predicted octanol–water partition coefficient (Wildman–Crippen LogP) is 3.98. The van der Waals surface area contributed by atoms with E-state index >= 15 is 0 Å². The maximum absolute atomic E-state index is 12.6. The molecule has 4 rings (SSSR count). The monoisotopic (exact) mass is 334 g/mol. The summed E-state index contributed by atoms with van der Waals surface area (Å²) in [4.78, 5) is 19.6. The molecule has 3 fully saturated rings. The maximum Gasteiger partial charge on any atom is 0.263 e. The normalized spacial score (nSPS) is 36.4. The van der Waals surface area contributed by atoms with E-state index in [1.54, 1.807) is 0 Å². The number of rotatable bonds is 4. The summed E-state index contributed by atoms with van der Waals surface area (Å²) in [5.74, 6) is 3.64. The topological polar surface area (TPSA) is 32.7 Å². The van der Waals surface area contributed by atoms with Gasteiger partial charge < -0.3 is 4.90 Å². The molecule has 2 heterocycles. The average molecular weight is 335 g/mol. The highest BCUT2D eigenvalue weighted by molar-refractivity contribution is 8.16. The Balaban J connectivity index is 1.34. The summed E-state index contributed by atoms with van der Waals surface area (Å²) in [5.41, 5.74) is 0. The van der Waals surface area contributed by atoms with Gasteiger partial charge in [0.25, 0.3) is 5.91 Å². The van der Waals surface area contributed by atoms with Crippen molar-refractivity contribution in [3.05, 3.63) is 0 Å². The number of carbonyl (C=O) groups is 1. The average Bonchev–Trinajstić information content (AvgIpc) is 3.17. The number of hydrogen-bond acceptors (Lipinski definition) is 3. The molecule has 4 heteroatoms. The van der Waals surface area contributed by atoms with E-state index in [-0.39, 0.29) is 10.7 Å². The Morgan fingerprint density at radius 2 is 2.04 bits per heavy atom. The molecule has 2 saturated carbocycles. The fourth-order valence-corrected chi connectivity index (χ4v) is 6.77. The SMILES string of the molecule is CC(C)CN1CCC2(CC1)SC(CC1CC3CCC1C3)=NC2=O. The number of amides is 1. The van der Waals surface area contributed by atoms with E-state index in [4.69, 9.17) is 0 Å². The fraction of sp³-hybridized carbons (Fsp3) is 0.895. The molecule has 0 radical (unpaired) electrons. The summed E-state index contributed by atoms with van der Waals surface area (Å²) in [6, 6.07) is 0. The largest absolute Gasteiger partial charge is 0.303 e. The second-order valence-corrected chi connectivity index (χ2v) is 10.2. The molecule has 2 aliphatic carbocycles. The molecule has 3 nitrogen and oxygen atoms in total. The van der Waals surface area contributed by atoms with Crippen molar-refractivity contribution in [1.29, 1.82) is 0 Å². The lowest BCUT2D eigenvalue weighted by Crippen LogP contribution is -2.46. The fourth-order valence-electron chi connectivity index (χ4n) is 5.37. The van der Waals surface area contributed by atoms with Crippen LogP contribution in [0.5, 0.6) is 0 Å². The predicted molar refractivity (Wildman–Crippen MR) is 96.8 cm³/mol. The van der Waals surface area contributed by atoms with Gasteiger partial charge in [-0.05, 0) is 75.3 Å². The zero-order valence-corrected chi connectivity index (χ0v) is 15.4. The van der Waals surface area contributed by atoms with Crippen LogP contribution in [0.4, 0.5) is 0 Å². The van der Waals surface area contributed by atoms with E-state index in [1.807, 2.05) is 11.8 Å². The van der Waals surface area contributed by atoms with Gasteiger partial charge in [0.05, 0.1) is 5.04 Å². The van der Waals surface area contributed by atoms with Crippen molar-refractivity contribution in [2.75, 3.05) is 19.6 Å². The number of hydrogen-bond donors (Lipinski definition) is 0. The van der Waals surface area contributed by atoms with E-state index in [0.717, 1.165) is 56.7 Å². The second-order valence-electron chi connectivity index (χ2n) is 8.74. The van der Waals surface area contributed by atoms with E-state index in [2.05, 4.69) is 23.7 Å². The van der Waals surface area contributed by atoms with Crippen LogP contribution in [0.3, 0.4) is 0 Å².